The van der Waals surface area contributed by atoms with E-state index in [0.29, 0.717) is 25.7 Å². The third kappa shape index (κ3) is 67.9. The standard InChI is InChI=1S/C77H150O17P2/c1-9-69(7)55-47-39-31-23-19-20-26-36-44-52-60-77(82)94-73(64-88-75(80)58-50-42-34-28-27-32-40-48-56-70(8)10-2)66-92-96(85,86)90-62-71(78)61-89-95(83,84)91-65-72(93-76(81)59-51-43-35-25-18-14-12-16-22-30-38-46-54-68(5)6)63-87-74(79)57-49-41-33-24-17-13-11-15-21-29-37-45-53-67(3)4/h67-73,78H,9-66H2,1-8H3,(H,83,84)(H,85,86)/t69?,70?,71-,72-,73-/m1/s1. The van der Waals surface area contributed by atoms with Gasteiger partial charge >= 0.3 is 39.5 Å². The fourth-order valence-electron chi connectivity index (χ4n) is 11.7. The highest BCUT2D eigenvalue weighted by Crippen LogP contribution is 2.45. The van der Waals surface area contributed by atoms with Crippen LogP contribution in [-0.2, 0) is 65.4 Å². The zero-order valence-electron chi connectivity index (χ0n) is 63.0. The Morgan fingerprint density at radius 3 is 0.740 bits per heavy atom. The van der Waals surface area contributed by atoms with Crippen molar-refractivity contribution >= 4 is 39.5 Å². The number of rotatable bonds is 74. The summed E-state index contributed by atoms with van der Waals surface area (Å²) in [5, 5.41) is 10.6. The van der Waals surface area contributed by atoms with Gasteiger partial charge in [-0.15, -0.1) is 0 Å². The van der Waals surface area contributed by atoms with Crippen molar-refractivity contribution in [3.63, 3.8) is 0 Å². The van der Waals surface area contributed by atoms with Crippen molar-refractivity contribution in [2.45, 2.75) is 408 Å². The lowest BCUT2D eigenvalue weighted by Gasteiger charge is -2.21. The van der Waals surface area contributed by atoms with E-state index >= 15 is 0 Å². The van der Waals surface area contributed by atoms with Gasteiger partial charge in [0, 0.05) is 25.7 Å². The van der Waals surface area contributed by atoms with Gasteiger partial charge in [0.25, 0.3) is 0 Å². The predicted molar refractivity (Wildman–Crippen MR) is 391 cm³/mol. The number of hydrogen-bond acceptors (Lipinski definition) is 15. The lowest BCUT2D eigenvalue weighted by Crippen LogP contribution is -2.30. The fraction of sp³-hybridized carbons (Fsp3) is 0.948. The molecule has 570 valence electrons. The van der Waals surface area contributed by atoms with Gasteiger partial charge in [0.05, 0.1) is 26.4 Å². The summed E-state index contributed by atoms with van der Waals surface area (Å²) in [6, 6.07) is 0. The van der Waals surface area contributed by atoms with Crippen molar-refractivity contribution in [3.8, 4) is 0 Å². The molecule has 0 rings (SSSR count). The number of ether oxygens (including phenoxy) is 4. The van der Waals surface area contributed by atoms with Gasteiger partial charge in [-0.3, -0.25) is 37.3 Å². The summed E-state index contributed by atoms with van der Waals surface area (Å²) in [5.74, 6) is 1.02. The Balaban J connectivity index is 5.28. The monoisotopic (exact) mass is 1410 g/mol. The van der Waals surface area contributed by atoms with Gasteiger partial charge in [-0.05, 0) is 49.4 Å². The molecule has 0 heterocycles. The first-order valence-corrected chi connectivity index (χ1v) is 42.8. The number of carbonyl (C=O) groups excluding carboxylic acids is 4. The van der Waals surface area contributed by atoms with E-state index < -0.39 is 97.5 Å². The molecule has 0 fully saturated rings. The summed E-state index contributed by atoms with van der Waals surface area (Å²) < 4.78 is 68.6. The van der Waals surface area contributed by atoms with E-state index in [1.807, 2.05) is 0 Å². The normalized spacial score (nSPS) is 14.7. The molecule has 4 unspecified atom stereocenters. The number of esters is 4. The molecule has 0 aromatic heterocycles. The molecule has 0 bridgehead atoms. The van der Waals surface area contributed by atoms with Crippen molar-refractivity contribution in [3.05, 3.63) is 0 Å². The molecule has 0 aliphatic carbocycles. The Morgan fingerprint density at radius 1 is 0.292 bits per heavy atom. The molecule has 19 heteroatoms. The lowest BCUT2D eigenvalue weighted by molar-refractivity contribution is -0.161. The minimum atomic E-state index is -4.96. The Morgan fingerprint density at radius 2 is 0.500 bits per heavy atom. The highest BCUT2D eigenvalue weighted by Gasteiger charge is 2.30. The van der Waals surface area contributed by atoms with Crippen LogP contribution in [0, 0.1) is 23.7 Å². The van der Waals surface area contributed by atoms with Crippen LogP contribution in [0.3, 0.4) is 0 Å². The van der Waals surface area contributed by atoms with E-state index in [2.05, 4.69) is 55.4 Å². The van der Waals surface area contributed by atoms with Crippen LogP contribution in [0.2, 0.25) is 0 Å². The van der Waals surface area contributed by atoms with Crippen molar-refractivity contribution in [2.24, 2.45) is 23.7 Å². The molecule has 96 heavy (non-hydrogen) atoms. The smallest absolute Gasteiger partial charge is 0.462 e. The van der Waals surface area contributed by atoms with Crippen molar-refractivity contribution in [1.29, 1.82) is 0 Å². The van der Waals surface area contributed by atoms with E-state index in [9.17, 15) is 43.2 Å². The topological polar surface area (TPSA) is 237 Å². The minimum absolute atomic E-state index is 0.105. The van der Waals surface area contributed by atoms with Crippen LogP contribution in [0.4, 0.5) is 0 Å². The average molecular weight is 1410 g/mol. The van der Waals surface area contributed by atoms with Gasteiger partial charge < -0.3 is 33.8 Å². The van der Waals surface area contributed by atoms with Gasteiger partial charge in [0.2, 0.25) is 0 Å². The van der Waals surface area contributed by atoms with Crippen LogP contribution in [0.25, 0.3) is 0 Å². The third-order valence-electron chi connectivity index (χ3n) is 18.5. The maximum atomic E-state index is 13.1. The second-order valence-corrected chi connectivity index (χ2v) is 32.1. The number of aliphatic hydroxyl groups excluding tert-OH is 1. The Hall–Kier alpha value is -1.94. The summed E-state index contributed by atoms with van der Waals surface area (Å²) in [6.07, 6.45) is 51.1. The van der Waals surface area contributed by atoms with Gasteiger partial charge in [-0.1, -0.05) is 338 Å². The lowest BCUT2D eigenvalue weighted by atomic mass is 9.99. The first-order valence-electron chi connectivity index (χ1n) is 39.8. The Labute approximate surface area is 588 Å². The van der Waals surface area contributed by atoms with Gasteiger partial charge in [0.15, 0.2) is 12.2 Å². The second-order valence-electron chi connectivity index (χ2n) is 29.2. The number of unbranched alkanes of at least 4 members (excludes halogenated alkanes) is 38. The van der Waals surface area contributed by atoms with E-state index in [1.165, 1.54) is 193 Å². The van der Waals surface area contributed by atoms with Crippen molar-refractivity contribution in [2.75, 3.05) is 39.6 Å². The van der Waals surface area contributed by atoms with Crippen LogP contribution in [0.1, 0.15) is 389 Å². The molecule has 0 saturated heterocycles. The molecular weight excluding hydrogens is 1260 g/mol. The van der Waals surface area contributed by atoms with Crippen LogP contribution in [0.15, 0.2) is 0 Å². The second kappa shape index (κ2) is 66.3. The van der Waals surface area contributed by atoms with Gasteiger partial charge in [-0.25, -0.2) is 9.13 Å². The maximum Gasteiger partial charge on any atom is 0.472 e. The third-order valence-corrected chi connectivity index (χ3v) is 20.4. The van der Waals surface area contributed by atoms with Crippen LogP contribution >= 0.6 is 15.6 Å². The van der Waals surface area contributed by atoms with Crippen LogP contribution < -0.4 is 0 Å². The first-order chi connectivity index (χ1) is 46.2. The van der Waals surface area contributed by atoms with E-state index in [1.54, 1.807) is 0 Å². The van der Waals surface area contributed by atoms with Crippen LogP contribution in [0.5, 0.6) is 0 Å². The average Bonchev–Trinajstić information content (AvgIpc) is 1.39. The molecule has 0 aliphatic rings. The number of phosphoric acid groups is 2. The van der Waals surface area contributed by atoms with Crippen molar-refractivity contribution < 1.29 is 80.2 Å². The molecule has 0 amide bonds. The van der Waals surface area contributed by atoms with E-state index in [4.69, 9.17) is 37.0 Å². The zero-order valence-corrected chi connectivity index (χ0v) is 64.8. The Kier molecular flexibility index (Phi) is 65.0. The molecule has 7 atom stereocenters. The molecular formula is C77H150O17P2. The highest BCUT2D eigenvalue weighted by atomic mass is 31.2. The summed E-state index contributed by atoms with van der Waals surface area (Å²) in [4.78, 5) is 72.9. The molecule has 17 nitrogen and oxygen atoms in total. The summed E-state index contributed by atoms with van der Waals surface area (Å²) in [6.45, 7) is 14.3. The predicted octanol–water partition coefficient (Wildman–Crippen LogP) is 22.4. The quantitative estimate of drug-likeness (QED) is 0.0222. The molecule has 0 radical (unpaired) electrons. The Bertz CT molecular complexity index is 1890. The summed E-state index contributed by atoms with van der Waals surface area (Å²) in [5.41, 5.74) is 0. The number of carbonyl (C=O) groups is 4. The highest BCUT2D eigenvalue weighted by molar-refractivity contribution is 7.47. The van der Waals surface area contributed by atoms with Crippen LogP contribution in [-0.4, -0.2) is 96.7 Å². The zero-order chi connectivity index (χ0) is 71.0. The van der Waals surface area contributed by atoms with Gasteiger partial charge in [0.1, 0.15) is 19.3 Å². The first kappa shape index (κ1) is 94.1. The maximum absolute atomic E-state index is 13.1. The summed E-state index contributed by atoms with van der Waals surface area (Å²) in [7, 11) is -9.92. The molecule has 0 aliphatic heterocycles. The molecule has 0 saturated carbocycles. The molecule has 0 spiro atoms. The van der Waals surface area contributed by atoms with E-state index in [0.717, 1.165) is 114 Å². The fourth-order valence-corrected chi connectivity index (χ4v) is 13.2. The number of hydrogen-bond donors (Lipinski definition) is 3. The van der Waals surface area contributed by atoms with Gasteiger partial charge in [-0.2, -0.15) is 0 Å². The minimum Gasteiger partial charge on any atom is -0.462 e. The molecule has 0 aromatic rings. The largest absolute Gasteiger partial charge is 0.472 e. The molecule has 0 aromatic carbocycles. The van der Waals surface area contributed by atoms with E-state index in [-0.39, 0.29) is 25.7 Å². The summed E-state index contributed by atoms with van der Waals surface area (Å²) >= 11 is 0. The number of aliphatic hydroxyl groups is 1. The SMILES string of the molecule is CCC(C)CCCCCCCCCCCCC(=O)O[C@H](COC(=O)CCCCCCCCCCC(C)CC)COP(=O)(O)OC[C@H](O)COP(=O)(O)OC[C@@H](COC(=O)CCCCCCCCCCCCCCC(C)C)OC(=O)CCCCCCCCCCCCCCC(C)C. The molecule has 3 N–H and O–H groups in total. The number of phosphoric ester groups is 2. The van der Waals surface area contributed by atoms with Crippen molar-refractivity contribution in [1.82, 2.24) is 0 Å².